The van der Waals surface area contributed by atoms with E-state index in [1.807, 2.05) is 50.2 Å². The minimum Gasteiger partial charge on any atom is -0.497 e. The molecule has 1 fully saturated rings. The zero-order chi connectivity index (χ0) is 19.4. The van der Waals surface area contributed by atoms with Gasteiger partial charge in [-0.1, -0.05) is 24.3 Å². The van der Waals surface area contributed by atoms with Crippen molar-refractivity contribution in [2.45, 2.75) is 37.6 Å². The van der Waals surface area contributed by atoms with Gasteiger partial charge in [-0.25, -0.2) is 13.1 Å². The van der Waals surface area contributed by atoms with E-state index in [0.717, 1.165) is 48.4 Å². The molecule has 1 heterocycles. The molecular formula is C21H28N2O3S. The van der Waals surface area contributed by atoms with Crippen LogP contribution in [0, 0.1) is 13.8 Å². The highest BCUT2D eigenvalue weighted by molar-refractivity contribution is 7.89. The quantitative estimate of drug-likeness (QED) is 0.790. The third-order valence-electron chi connectivity index (χ3n) is 5.18. The molecule has 1 unspecified atom stereocenters. The zero-order valence-electron chi connectivity index (χ0n) is 16.2. The molecule has 0 aromatic heterocycles. The Labute approximate surface area is 162 Å². The zero-order valence-corrected chi connectivity index (χ0v) is 17.1. The van der Waals surface area contributed by atoms with Crippen molar-refractivity contribution in [1.82, 2.24) is 9.62 Å². The molecule has 0 radical (unpaired) electrons. The van der Waals surface area contributed by atoms with Crippen molar-refractivity contribution in [3.63, 3.8) is 0 Å². The number of hydrogen-bond donors (Lipinski definition) is 1. The van der Waals surface area contributed by atoms with E-state index < -0.39 is 10.0 Å². The Balaban J connectivity index is 1.82. The van der Waals surface area contributed by atoms with Gasteiger partial charge in [0.2, 0.25) is 10.0 Å². The van der Waals surface area contributed by atoms with Crippen molar-refractivity contribution in [3.8, 4) is 5.75 Å². The summed E-state index contributed by atoms with van der Waals surface area (Å²) in [6.07, 6.45) is 2.30. The van der Waals surface area contributed by atoms with Crippen LogP contribution in [0.5, 0.6) is 5.75 Å². The molecule has 1 N–H and O–H groups in total. The van der Waals surface area contributed by atoms with Gasteiger partial charge >= 0.3 is 0 Å². The summed E-state index contributed by atoms with van der Waals surface area (Å²) in [5.74, 6) is 0.801. The standard InChI is InChI=1S/C21H28N2O3S/c1-16-6-7-17(2)21(14-16)27(24,25)22-15-20(23-12-4-5-13-23)18-8-10-19(26-3)11-9-18/h6-11,14,20,22H,4-5,12-13,15H2,1-3H3. The van der Waals surface area contributed by atoms with Crippen LogP contribution in [-0.4, -0.2) is 40.1 Å². The van der Waals surface area contributed by atoms with Gasteiger partial charge in [0.05, 0.1) is 12.0 Å². The third kappa shape index (κ3) is 4.69. The third-order valence-corrected chi connectivity index (χ3v) is 6.75. The number of aryl methyl sites for hydroxylation is 2. The summed E-state index contributed by atoms with van der Waals surface area (Å²) in [7, 11) is -1.92. The lowest BCUT2D eigenvalue weighted by molar-refractivity contribution is 0.246. The molecule has 2 aromatic carbocycles. The minimum absolute atomic E-state index is 0.0123. The van der Waals surface area contributed by atoms with Crippen LogP contribution in [0.25, 0.3) is 0 Å². The van der Waals surface area contributed by atoms with E-state index in [0.29, 0.717) is 11.4 Å². The summed E-state index contributed by atoms with van der Waals surface area (Å²) >= 11 is 0. The highest BCUT2D eigenvalue weighted by atomic mass is 32.2. The first-order valence-corrected chi connectivity index (χ1v) is 10.8. The molecule has 6 heteroatoms. The molecule has 0 spiro atoms. The van der Waals surface area contributed by atoms with Crippen LogP contribution >= 0.6 is 0 Å². The van der Waals surface area contributed by atoms with Crippen molar-refractivity contribution in [2.24, 2.45) is 0 Å². The lowest BCUT2D eigenvalue weighted by Gasteiger charge is -2.28. The van der Waals surface area contributed by atoms with E-state index in [9.17, 15) is 8.42 Å². The van der Waals surface area contributed by atoms with E-state index in [1.54, 1.807) is 13.2 Å². The molecule has 1 aliphatic heterocycles. The predicted molar refractivity (Wildman–Crippen MR) is 108 cm³/mol. The van der Waals surface area contributed by atoms with Crippen molar-refractivity contribution in [2.75, 3.05) is 26.7 Å². The molecule has 0 bridgehead atoms. The minimum atomic E-state index is -3.56. The summed E-state index contributed by atoms with van der Waals surface area (Å²) in [4.78, 5) is 2.71. The second-order valence-electron chi connectivity index (χ2n) is 7.15. The van der Waals surface area contributed by atoms with Crippen molar-refractivity contribution in [3.05, 3.63) is 59.2 Å². The van der Waals surface area contributed by atoms with Gasteiger partial charge in [-0.2, -0.15) is 0 Å². The summed E-state index contributed by atoms with van der Waals surface area (Å²) in [5.41, 5.74) is 2.80. The van der Waals surface area contributed by atoms with Gasteiger partial charge in [-0.05, 0) is 74.7 Å². The number of likely N-dealkylation sites (tertiary alicyclic amines) is 1. The second-order valence-corrected chi connectivity index (χ2v) is 8.89. The topological polar surface area (TPSA) is 58.6 Å². The number of methoxy groups -OCH3 is 1. The molecule has 0 saturated carbocycles. The monoisotopic (exact) mass is 388 g/mol. The van der Waals surface area contributed by atoms with E-state index in [4.69, 9.17) is 4.74 Å². The number of ether oxygens (including phenoxy) is 1. The normalized spacial score (nSPS) is 16.4. The molecule has 0 amide bonds. The molecule has 2 aromatic rings. The summed E-state index contributed by atoms with van der Waals surface area (Å²) in [5, 5.41) is 0. The van der Waals surface area contributed by atoms with Crippen LogP contribution in [0.2, 0.25) is 0 Å². The maximum atomic E-state index is 12.9. The Bertz CT molecular complexity index is 873. The van der Waals surface area contributed by atoms with Crippen LogP contribution in [-0.2, 0) is 10.0 Å². The average molecular weight is 389 g/mol. The number of rotatable bonds is 7. The van der Waals surface area contributed by atoms with Gasteiger partial charge < -0.3 is 4.74 Å². The van der Waals surface area contributed by atoms with Crippen molar-refractivity contribution >= 4 is 10.0 Å². The van der Waals surface area contributed by atoms with Crippen molar-refractivity contribution in [1.29, 1.82) is 0 Å². The SMILES string of the molecule is COc1ccc(C(CNS(=O)(=O)c2cc(C)ccc2C)N2CCCC2)cc1. The number of nitrogens with one attached hydrogen (secondary N) is 1. The van der Waals surface area contributed by atoms with Crippen LogP contribution in [0.15, 0.2) is 47.4 Å². The Morgan fingerprint density at radius 1 is 1.07 bits per heavy atom. The molecule has 1 saturated heterocycles. The predicted octanol–water partition coefficient (Wildman–Crippen LogP) is 3.43. The molecule has 27 heavy (non-hydrogen) atoms. The molecule has 1 aliphatic rings. The molecule has 0 aliphatic carbocycles. The van der Waals surface area contributed by atoms with Gasteiger partial charge in [-0.3, -0.25) is 4.90 Å². The molecule has 5 nitrogen and oxygen atoms in total. The smallest absolute Gasteiger partial charge is 0.240 e. The Hall–Kier alpha value is -1.89. The number of sulfonamides is 1. The molecule has 146 valence electrons. The first kappa shape index (κ1) is 19.9. The Morgan fingerprint density at radius 3 is 2.37 bits per heavy atom. The number of nitrogens with zero attached hydrogens (tertiary/aromatic N) is 1. The highest BCUT2D eigenvalue weighted by Crippen LogP contribution is 2.27. The lowest BCUT2D eigenvalue weighted by atomic mass is 10.1. The number of hydrogen-bond acceptors (Lipinski definition) is 4. The summed E-state index contributed by atoms with van der Waals surface area (Å²) in [6, 6.07) is 13.4. The van der Waals surface area contributed by atoms with E-state index in [-0.39, 0.29) is 6.04 Å². The summed E-state index contributed by atoms with van der Waals surface area (Å²) < 4.78 is 33.9. The van der Waals surface area contributed by atoms with E-state index in [1.165, 1.54) is 0 Å². The maximum absolute atomic E-state index is 12.9. The Morgan fingerprint density at radius 2 is 1.74 bits per heavy atom. The van der Waals surface area contributed by atoms with Crippen LogP contribution in [0.3, 0.4) is 0 Å². The van der Waals surface area contributed by atoms with Gasteiger partial charge in [0.15, 0.2) is 0 Å². The Kier molecular flexibility index (Phi) is 6.19. The van der Waals surface area contributed by atoms with Gasteiger partial charge in [0, 0.05) is 12.6 Å². The van der Waals surface area contributed by atoms with Crippen LogP contribution < -0.4 is 9.46 Å². The lowest BCUT2D eigenvalue weighted by Crippen LogP contribution is -2.37. The number of benzene rings is 2. The largest absolute Gasteiger partial charge is 0.497 e. The fourth-order valence-electron chi connectivity index (χ4n) is 3.60. The molecular weight excluding hydrogens is 360 g/mol. The van der Waals surface area contributed by atoms with Crippen molar-refractivity contribution < 1.29 is 13.2 Å². The van der Waals surface area contributed by atoms with E-state index >= 15 is 0 Å². The first-order valence-electron chi connectivity index (χ1n) is 9.35. The highest BCUT2D eigenvalue weighted by Gasteiger charge is 2.26. The second kappa shape index (κ2) is 8.42. The fraction of sp³-hybridized carbons (Fsp3) is 0.429. The van der Waals surface area contributed by atoms with Crippen LogP contribution in [0.4, 0.5) is 0 Å². The van der Waals surface area contributed by atoms with Gasteiger partial charge in [0.1, 0.15) is 5.75 Å². The van der Waals surface area contributed by atoms with Crippen LogP contribution in [0.1, 0.15) is 35.6 Å². The van der Waals surface area contributed by atoms with Gasteiger partial charge in [0.25, 0.3) is 0 Å². The first-order chi connectivity index (χ1) is 12.9. The molecule has 3 rings (SSSR count). The summed E-state index contributed by atoms with van der Waals surface area (Å²) in [6.45, 7) is 6.06. The fourth-order valence-corrected chi connectivity index (χ4v) is 4.97. The average Bonchev–Trinajstić information content (AvgIpc) is 3.18. The molecule has 1 atom stereocenters. The maximum Gasteiger partial charge on any atom is 0.240 e. The van der Waals surface area contributed by atoms with E-state index in [2.05, 4.69) is 9.62 Å². The van der Waals surface area contributed by atoms with Gasteiger partial charge in [-0.15, -0.1) is 0 Å².